The molecule has 4 rings (SSSR count). The Hall–Kier alpha value is -4.19. The molecular formula is C40H51NO9S. The number of methoxy groups -OCH3 is 1. The van der Waals surface area contributed by atoms with Crippen molar-refractivity contribution >= 4 is 22.0 Å². The summed E-state index contributed by atoms with van der Waals surface area (Å²) < 4.78 is 48.0. The summed E-state index contributed by atoms with van der Waals surface area (Å²) in [6.07, 6.45) is 2.45. The minimum atomic E-state index is -4.05. The van der Waals surface area contributed by atoms with Crippen molar-refractivity contribution in [3.8, 4) is 11.5 Å². The highest BCUT2D eigenvalue weighted by atomic mass is 32.2. The normalized spacial score (nSPS) is 19.2. The Morgan fingerprint density at radius 1 is 1.06 bits per heavy atom. The van der Waals surface area contributed by atoms with E-state index in [0.717, 1.165) is 47.1 Å². The zero-order valence-corrected chi connectivity index (χ0v) is 31.5. The minimum Gasteiger partial charge on any atom is -0.495 e. The van der Waals surface area contributed by atoms with Crippen LogP contribution in [0.3, 0.4) is 0 Å². The minimum absolute atomic E-state index is 0.0277. The molecule has 1 saturated heterocycles. The van der Waals surface area contributed by atoms with Crippen molar-refractivity contribution < 1.29 is 42.4 Å². The number of aliphatic carboxylic acids is 1. The van der Waals surface area contributed by atoms with Gasteiger partial charge in [0, 0.05) is 31.0 Å². The smallest absolute Gasteiger partial charge is 0.341 e. The molecule has 1 aliphatic rings. The predicted molar refractivity (Wildman–Crippen MR) is 196 cm³/mol. The Kier molecular flexibility index (Phi) is 13.1. The lowest BCUT2D eigenvalue weighted by atomic mass is 9.74. The number of sulfonamides is 1. The van der Waals surface area contributed by atoms with Gasteiger partial charge in [0.25, 0.3) is 0 Å². The highest BCUT2D eigenvalue weighted by Crippen LogP contribution is 2.51. The fourth-order valence-corrected chi connectivity index (χ4v) is 8.16. The van der Waals surface area contributed by atoms with Gasteiger partial charge in [-0.25, -0.2) is 18.0 Å². The summed E-state index contributed by atoms with van der Waals surface area (Å²) in [5.74, 6) is -1.58. The second kappa shape index (κ2) is 16.9. The highest BCUT2D eigenvalue weighted by molar-refractivity contribution is 7.89. The summed E-state index contributed by atoms with van der Waals surface area (Å²) >= 11 is 0. The van der Waals surface area contributed by atoms with E-state index < -0.39 is 34.7 Å². The van der Waals surface area contributed by atoms with Crippen molar-refractivity contribution in [1.29, 1.82) is 0 Å². The van der Waals surface area contributed by atoms with E-state index in [1.165, 1.54) is 30.6 Å². The Morgan fingerprint density at radius 3 is 2.31 bits per heavy atom. The van der Waals surface area contributed by atoms with Crippen LogP contribution in [0, 0.1) is 12.8 Å². The molecule has 1 unspecified atom stereocenters. The van der Waals surface area contributed by atoms with Crippen LogP contribution in [0.25, 0.3) is 0 Å². The van der Waals surface area contributed by atoms with E-state index in [0.29, 0.717) is 17.7 Å². The number of hydrogen-bond acceptors (Lipinski definition) is 7. The van der Waals surface area contributed by atoms with Crippen LogP contribution in [0.1, 0.15) is 109 Å². The molecule has 0 aliphatic carbocycles. The maximum atomic E-state index is 14.1. The molecule has 4 atom stereocenters. The first kappa shape index (κ1) is 39.6. The predicted octanol–water partition coefficient (Wildman–Crippen LogP) is 8.11. The van der Waals surface area contributed by atoms with Crippen LogP contribution in [-0.4, -0.2) is 61.7 Å². The molecule has 2 N–H and O–H groups in total. The second-order valence-corrected chi connectivity index (χ2v) is 15.8. The van der Waals surface area contributed by atoms with Crippen LogP contribution in [0.15, 0.2) is 71.6 Å². The number of benzene rings is 3. The molecule has 0 spiro atoms. The maximum Gasteiger partial charge on any atom is 0.341 e. The van der Waals surface area contributed by atoms with Gasteiger partial charge in [-0.05, 0) is 85.2 Å². The van der Waals surface area contributed by atoms with Crippen LogP contribution < -0.4 is 9.47 Å². The summed E-state index contributed by atoms with van der Waals surface area (Å²) in [5.41, 5.74) is 5.25. The third kappa shape index (κ3) is 9.19. The van der Waals surface area contributed by atoms with Gasteiger partial charge in [0.15, 0.2) is 6.61 Å². The molecule has 0 bridgehead atoms. The van der Waals surface area contributed by atoms with Crippen molar-refractivity contribution in [3.05, 3.63) is 100 Å². The van der Waals surface area contributed by atoms with Gasteiger partial charge in [0.2, 0.25) is 10.0 Å². The van der Waals surface area contributed by atoms with Crippen molar-refractivity contribution in [2.75, 3.05) is 20.8 Å². The van der Waals surface area contributed by atoms with Crippen molar-refractivity contribution in [1.82, 2.24) is 4.31 Å². The second-order valence-electron chi connectivity index (χ2n) is 13.8. The standard InChI is InChI=1S/C40H51NO9S/c1-9-10-11-33-32(21-31(25(4)5)39(50-33)38-26(6)18-30(24(2)3)19-35(38)49-23-37(42)43)29-16-17-34(48-8)36(20-29)51(46,47)41(7)22-27-12-14-28(15-13-27)40(44)45/h12-20,24,31-33,39H,4,9-11,21-23H2,1-3,5-8H3,(H,42,43)(H,44,45)/t31-,32?,33+,39+/m0/s1. The monoisotopic (exact) mass is 721 g/mol. The lowest BCUT2D eigenvalue weighted by Crippen LogP contribution is -2.37. The third-order valence-corrected chi connectivity index (χ3v) is 11.5. The molecule has 276 valence electrons. The topological polar surface area (TPSA) is 140 Å². The molecule has 51 heavy (non-hydrogen) atoms. The lowest BCUT2D eigenvalue weighted by molar-refractivity contribution is -0.139. The van der Waals surface area contributed by atoms with E-state index >= 15 is 0 Å². The molecule has 0 amide bonds. The van der Waals surface area contributed by atoms with E-state index in [9.17, 15) is 28.2 Å². The van der Waals surface area contributed by atoms with Crippen LogP contribution >= 0.6 is 0 Å². The van der Waals surface area contributed by atoms with E-state index in [1.807, 2.05) is 26.0 Å². The molecule has 1 aliphatic heterocycles. The Labute approximate surface area is 302 Å². The molecule has 0 radical (unpaired) electrons. The number of carboxylic acid groups (broad SMARTS) is 2. The average Bonchev–Trinajstić information content (AvgIpc) is 3.09. The first-order valence-corrected chi connectivity index (χ1v) is 18.8. The summed E-state index contributed by atoms with van der Waals surface area (Å²) in [6, 6.07) is 15.4. The number of ether oxygens (including phenoxy) is 3. The van der Waals surface area contributed by atoms with Crippen LogP contribution in [0.4, 0.5) is 0 Å². The zero-order valence-electron chi connectivity index (χ0n) is 30.6. The summed E-state index contributed by atoms with van der Waals surface area (Å²) in [5, 5.41) is 18.7. The molecule has 1 heterocycles. The Balaban J connectivity index is 1.76. The fourth-order valence-electron chi connectivity index (χ4n) is 6.82. The van der Waals surface area contributed by atoms with Gasteiger partial charge in [-0.2, -0.15) is 4.31 Å². The quantitative estimate of drug-likeness (QED) is 0.140. The Bertz CT molecular complexity index is 1830. The number of hydrogen-bond donors (Lipinski definition) is 2. The van der Waals surface area contributed by atoms with E-state index in [1.54, 1.807) is 24.3 Å². The molecule has 1 fully saturated rings. The lowest BCUT2D eigenvalue weighted by Gasteiger charge is -2.44. The SMILES string of the molecule is C=C(C)[C@@H]1CC(c2ccc(OC)c(S(=O)(=O)N(C)Cc3ccc(C(=O)O)cc3)c2)[C@@H](CCCC)O[C@H]1c1c(C)cc(C(C)C)cc1OCC(=O)O. The van der Waals surface area contributed by atoms with Crippen molar-refractivity contribution in [3.63, 3.8) is 0 Å². The molecule has 3 aromatic carbocycles. The van der Waals surface area contributed by atoms with Crippen molar-refractivity contribution in [2.45, 2.75) is 95.8 Å². The fraction of sp³-hybridized carbons (Fsp3) is 0.450. The van der Waals surface area contributed by atoms with Gasteiger partial charge in [0.1, 0.15) is 16.4 Å². The van der Waals surface area contributed by atoms with Crippen LogP contribution in [-0.2, 0) is 26.1 Å². The number of aryl methyl sites for hydroxylation is 1. The third-order valence-electron chi connectivity index (χ3n) is 9.70. The highest BCUT2D eigenvalue weighted by Gasteiger charge is 2.42. The van der Waals surface area contributed by atoms with Gasteiger partial charge in [0.05, 0.1) is 24.9 Å². The molecule has 10 nitrogen and oxygen atoms in total. The number of rotatable bonds is 16. The van der Waals surface area contributed by atoms with Gasteiger partial charge in [-0.3, -0.25) is 0 Å². The van der Waals surface area contributed by atoms with Crippen LogP contribution in [0.2, 0.25) is 0 Å². The first-order valence-electron chi connectivity index (χ1n) is 17.3. The summed E-state index contributed by atoms with van der Waals surface area (Å²) in [6.45, 7) is 14.1. The molecule has 0 saturated carbocycles. The van der Waals surface area contributed by atoms with E-state index in [2.05, 4.69) is 33.4 Å². The van der Waals surface area contributed by atoms with Crippen LogP contribution in [0.5, 0.6) is 11.5 Å². The van der Waals surface area contributed by atoms with Gasteiger partial charge < -0.3 is 24.4 Å². The van der Waals surface area contributed by atoms with E-state index in [-0.39, 0.29) is 46.6 Å². The number of aromatic carboxylic acids is 1. The largest absolute Gasteiger partial charge is 0.495 e. The molecule has 11 heteroatoms. The average molecular weight is 722 g/mol. The number of unbranched alkanes of at least 4 members (excludes halogenated alkanes) is 1. The number of nitrogens with zero attached hydrogens (tertiary/aromatic N) is 1. The zero-order chi connectivity index (χ0) is 37.6. The number of carbonyl (C=O) groups is 2. The first-order chi connectivity index (χ1) is 24.1. The Morgan fingerprint density at radius 2 is 1.75 bits per heavy atom. The molecule has 0 aromatic heterocycles. The summed E-state index contributed by atoms with van der Waals surface area (Å²) in [4.78, 5) is 22.9. The molecular weight excluding hydrogens is 671 g/mol. The van der Waals surface area contributed by atoms with Crippen molar-refractivity contribution in [2.24, 2.45) is 5.92 Å². The molecule has 3 aromatic rings. The van der Waals surface area contributed by atoms with Gasteiger partial charge in [-0.1, -0.05) is 70.0 Å². The summed E-state index contributed by atoms with van der Waals surface area (Å²) in [7, 11) is -1.13. The van der Waals surface area contributed by atoms with Gasteiger partial charge >= 0.3 is 11.9 Å². The number of carboxylic acids is 2. The van der Waals surface area contributed by atoms with Gasteiger partial charge in [-0.15, -0.1) is 0 Å². The maximum absolute atomic E-state index is 14.1. The van der Waals surface area contributed by atoms with E-state index in [4.69, 9.17) is 14.2 Å².